The predicted molar refractivity (Wildman–Crippen MR) is 66.0 cm³/mol. The average molecular weight is 262 g/mol. The zero-order chi connectivity index (χ0) is 13.3. The molecule has 1 atom stereocenters. The van der Waals surface area contributed by atoms with Crippen LogP contribution in [0.15, 0.2) is 0 Å². The first-order valence-electron chi connectivity index (χ1n) is 5.78. The number of nitrogens with zero attached hydrogens (tertiary/aromatic N) is 1. The average Bonchev–Trinajstić information content (AvgIpc) is 2.43. The molecule has 0 saturated carbocycles. The fourth-order valence-corrected chi connectivity index (χ4v) is 2.31. The quantitative estimate of drug-likeness (QED) is 0.718. The Kier molecular flexibility index (Phi) is 4.07. The highest BCUT2D eigenvalue weighted by atomic mass is 35.5. The molecule has 0 aromatic carbocycles. The van der Waals surface area contributed by atoms with Crippen LogP contribution in [-0.2, 0) is 9.53 Å². The Hall–Kier alpha value is -0.770. The molecule has 0 aromatic heterocycles. The van der Waals surface area contributed by atoms with Crippen molar-refractivity contribution in [2.45, 2.75) is 46.1 Å². The summed E-state index contributed by atoms with van der Waals surface area (Å²) in [4.78, 5) is 24.4. The summed E-state index contributed by atoms with van der Waals surface area (Å²) < 4.78 is 5.29. The molecule has 1 aliphatic heterocycles. The summed E-state index contributed by atoms with van der Waals surface area (Å²) in [6.07, 6.45) is 0.765. The number of hydrogen-bond donors (Lipinski definition) is 0. The molecule has 0 aliphatic carbocycles. The van der Waals surface area contributed by atoms with E-state index in [1.54, 1.807) is 4.90 Å². The van der Waals surface area contributed by atoms with E-state index in [1.165, 1.54) is 0 Å². The van der Waals surface area contributed by atoms with Gasteiger partial charge in [-0.05, 0) is 44.2 Å². The maximum absolute atomic E-state index is 11.8. The van der Waals surface area contributed by atoms with Gasteiger partial charge in [0.25, 0.3) is 0 Å². The van der Waals surface area contributed by atoms with Crippen molar-refractivity contribution in [2.24, 2.45) is 5.41 Å². The third kappa shape index (κ3) is 4.54. The van der Waals surface area contributed by atoms with E-state index in [1.807, 2.05) is 27.7 Å². The number of ether oxygens (including phenoxy) is 1. The maximum Gasteiger partial charge on any atom is 0.410 e. The molecule has 5 heteroatoms. The fourth-order valence-electron chi connectivity index (χ4n) is 1.99. The van der Waals surface area contributed by atoms with Crippen LogP contribution < -0.4 is 0 Å². The van der Waals surface area contributed by atoms with E-state index in [2.05, 4.69) is 0 Å². The molecule has 1 fully saturated rings. The van der Waals surface area contributed by atoms with Gasteiger partial charge >= 0.3 is 6.09 Å². The fraction of sp³-hybridized carbons (Fsp3) is 0.833. The van der Waals surface area contributed by atoms with Crippen molar-refractivity contribution in [1.29, 1.82) is 0 Å². The summed E-state index contributed by atoms with van der Waals surface area (Å²) in [5, 5.41) is -0.349. The molecule has 1 unspecified atom stereocenters. The van der Waals surface area contributed by atoms with Crippen molar-refractivity contribution < 1.29 is 14.3 Å². The van der Waals surface area contributed by atoms with Crippen LogP contribution in [0.2, 0.25) is 0 Å². The molecule has 1 rings (SSSR count). The lowest BCUT2D eigenvalue weighted by Crippen LogP contribution is -2.36. The SMILES string of the molecule is CC1(CC(=O)Cl)CCN(C(=O)OC(C)(C)C)C1. The van der Waals surface area contributed by atoms with Gasteiger partial charge in [-0.1, -0.05) is 6.92 Å². The number of halogens is 1. The first kappa shape index (κ1) is 14.3. The highest BCUT2D eigenvalue weighted by molar-refractivity contribution is 6.63. The second kappa shape index (κ2) is 4.84. The monoisotopic (exact) mass is 261 g/mol. The van der Waals surface area contributed by atoms with Crippen LogP contribution in [-0.4, -0.2) is 34.9 Å². The van der Waals surface area contributed by atoms with Gasteiger partial charge in [-0.3, -0.25) is 4.79 Å². The number of likely N-dealkylation sites (tertiary alicyclic amines) is 1. The molecule has 0 radical (unpaired) electrons. The maximum atomic E-state index is 11.8. The van der Waals surface area contributed by atoms with Gasteiger partial charge in [-0.15, -0.1) is 0 Å². The van der Waals surface area contributed by atoms with Crippen LogP contribution in [0, 0.1) is 5.41 Å². The lowest BCUT2D eigenvalue weighted by atomic mass is 9.87. The van der Waals surface area contributed by atoms with E-state index in [9.17, 15) is 9.59 Å². The minimum Gasteiger partial charge on any atom is -0.444 e. The molecule has 1 heterocycles. The summed E-state index contributed by atoms with van der Waals surface area (Å²) in [6.45, 7) is 8.63. The van der Waals surface area contributed by atoms with E-state index in [4.69, 9.17) is 16.3 Å². The van der Waals surface area contributed by atoms with E-state index in [0.29, 0.717) is 19.5 Å². The predicted octanol–water partition coefficient (Wildman–Crippen LogP) is 2.79. The van der Waals surface area contributed by atoms with Gasteiger partial charge < -0.3 is 9.64 Å². The van der Waals surface area contributed by atoms with Crippen molar-refractivity contribution in [3.63, 3.8) is 0 Å². The van der Waals surface area contributed by atoms with E-state index < -0.39 is 5.60 Å². The molecule has 1 amide bonds. The van der Waals surface area contributed by atoms with E-state index in [-0.39, 0.29) is 16.8 Å². The molecule has 98 valence electrons. The zero-order valence-corrected chi connectivity index (χ0v) is 11.6. The second-order valence-electron chi connectivity index (χ2n) is 5.99. The zero-order valence-electron chi connectivity index (χ0n) is 10.9. The van der Waals surface area contributed by atoms with Crippen LogP contribution in [0.5, 0.6) is 0 Å². The molecular weight excluding hydrogens is 242 g/mol. The third-order valence-electron chi connectivity index (χ3n) is 2.78. The molecule has 1 saturated heterocycles. The Labute approximate surface area is 107 Å². The van der Waals surface area contributed by atoms with Gasteiger partial charge in [-0.2, -0.15) is 0 Å². The number of rotatable bonds is 2. The number of amides is 1. The molecule has 17 heavy (non-hydrogen) atoms. The Bertz CT molecular complexity index is 324. The molecule has 0 bridgehead atoms. The Morgan fingerprint density at radius 2 is 2.00 bits per heavy atom. The second-order valence-corrected chi connectivity index (χ2v) is 6.42. The van der Waals surface area contributed by atoms with Crippen molar-refractivity contribution >= 4 is 22.9 Å². The van der Waals surface area contributed by atoms with Gasteiger partial charge in [0.15, 0.2) is 0 Å². The van der Waals surface area contributed by atoms with Gasteiger partial charge in [-0.25, -0.2) is 4.79 Å². The Morgan fingerprint density at radius 1 is 1.41 bits per heavy atom. The molecular formula is C12H20ClNO3. The van der Waals surface area contributed by atoms with Crippen LogP contribution in [0.25, 0.3) is 0 Å². The highest BCUT2D eigenvalue weighted by Crippen LogP contribution is 2.34. The third-order valence-corrected chi connectivity index (χ3v) is 2.91. The van der Waals surface area contributed by atoms with Crippen LogP contribution in [0.1, 0.15) is 40.5 Å². The standard InChI is InChI=1S/C12H20ClNO3/c1-11(2,3)17-10(16)14-6-5-12(4,8-14)7-9(13)15/h5-8H2,1-4H3. The lowest BCUT2D eigenvalue weighted by Gasteiger charge is -2.26. The van der Waals surface area contributed by atoms with Gasteiger partial charge in [0.05, 0.1) is 0 Å². The molecule has 4 nitrogen and oxygen atoms in total. The summed E-state index contributed by atoms with van der Waals surface area (Å²) in [6, 6.07) is 0. The molecule has 1 aliphatic rings. The van der Waals surface area contributed by atoms with Crippen molar-refractivity contribution in [2.75, 3.05) is 13.1 Å². The number of hydrogen-bond acceptors (Lipinski definition) is 3. The largest absolute Gasteiger partial charge is 0.444 e. The first-order valence-corrected chi connectivity index (χ1v) is 6.15. The summed E-state index contributed by atoms with van der Waals surface area (Å²) in [5.74, 6) is 0. The lowest BCUT2D eigenvalue weighted by molar-refractivity contribution is -0.113. The van der Waals surface area contributed by atoms with Crippen LogP contribution in [0.4, 0.5) is 4.79 Å². The smallest absolute Gasteiger partial charge is 0.410 e. The summed E-state index contributed by atoms with van der Waals surface area (Å²) in [7, 11) is 0. The van der Waals surface area contributed by atoms with Crippen molar-refractivity contribution in [3.8, 4) is 0 Å². The highest BCUT2D eigenvalue weighted by Gasteiger charge is 2.38. The van der Waals surface area contributed by atoms with Gasteiger partial charge in [0, 0.05) is 19.5 Å². The minimum absolute atomic E-state index is 0.213. The Balaban J connectivity index is 2.55. The van der Waals surface area contributed by atoms with Crippen molar-refractivity contribution in [3.05, 3.63) is 0 Å². The topological polar surface area (TPSA) is 46.6 Å². The summed E-state index contributed by atoms with van der Waals surface area (Å²) in [5.41, 5.74) is -0.700. The molecule has 0 N–H and O–H groups in total. The van der Waals surface area contributed by atoms with Crippen molar-refractivity contribution in [1.82, 2.24) is 4.90 Å². The number of carbonyl (C=O) groups is 2. The van der Waals surface area contributed by atoms with E-state index >= 15 is 0 Å². The first-order chi connectivity index (χ1) is 7.61. The van der Waals surface area contributed by atoms with Gasteiger partial charge in [0.1, 0.15) is 5.60 Å². The normalized spacial score (nSPS) is 24.9. The Morgan fingerprint density at radius 3 is 2.47 bits per heavy atom. The molecule has 0 aromatic rings. The van der Waals surface area contributed by atoms with Gasteiger partial charge in [0.2, 0.25) is 5.24 Å². The summed E-state index contributed by atoms with van der Waals surface area (Å²) >= 11 is 5.41. The minimum atomic E-state index is -0.488. The number of carbonyl (C=O) groups excluding carboxylic acids is 2. The van der Waals surface area contributed by atoms with Crippen LogP contribution >= 0.6 is 11.6 Å². The molecule has 0 spiro atoms. The van der Waals surface area contributed by atoms with Crippen LogP contribution in [0.3, 0.4) is 0 Å². The van der Waals surface area contributed by atoms with E-state index in [0.717, 1.165) is 6.42 Å².